The molecule has 2 aromatic rings. The summed E-state index contributed by atoms with van der Waals surface area (Å²) in [5.41, 5.74) is 0. The lowest BCUT2D eigenvalue weighted by Gasteiger charge is -2.03. The van der Waals surface area contributed by atoms with Crippen molar-refractivity contribution in [1.82, 2.24) is 9.55 Å². The van der Waals surface area contributed by atoms with Gasteiger partial charge in [-0.1, -0.05) is 13.8 Å². The minimum Gasteiger partial charge on any atom is -0.327 e. The molecular weight excluding hydrogens is 232 g/mol. The minimum atomic E-state index is 0.169. The largest absolute Gasteiger partial charge is 0.327 e. The summed E-state index contributed by atoms with van der Waals surface area (Å²) in [7, 11) is 0. The van der Waals surface area contributed by atoms with Gasteiger partial charge in [0.15, 0.2) is 5.78 Å². The lowest BCUT2D eigenvalue weighted by molar-refractivity contribution is 0.0975. The van der Waals surface area contributed by atoms with Gasteiger partial charge >= 0.3 is 0 Å². The molecule has 2 rings (SSSR count). The predicted molar refractivity (Wildman–Crippen MR) is 69.6 cm³/mol. The monoisotopic (exact) mass is 248 g/mol. The van der Waals surface area contributed by atoms with Gasteiger partial charge in [0.05, 0.1) is 11.4 Å². The lowest BCUT2D eigenvalue weighted by Crippen LogP contribution is -2.11. The number of carbonyl (C=O) groups excluding carboxylic acids is 1. The van der Waals surface area contributed by atoms with Gasteiger partial charge in [0.2, 0.25) is 0 Å². The van der Waals surface area contributed by atoms with Gasteiger partial charge in [0, 0.05) is 23.7 Å². The Morgan fingerprint density at radius 2 is 2.18 bits per heavy atom. The first kappa shape index (κ1) is 12.0. The summed E-state index contributed by atoms with van der Waals surface area (Å²) < 4.78 is 1.92. The second-order valence-corrected chi connectivity index (χ2v) is 5.04. The van der Waals surface area contributed by atoms with Crippen molar-refractivity contribution in [3.05, 3.63) is 40.1 Å². The van der Waals surface area contributed by atoms with E-state index in [2.05, 4.69) is 11.9 Å². The number of aromatic nitrogens is 2. The highest BCUT2D eigenvalue weighted by atomic mass is 32.1. The van der Waals surface area contributed by atoms with Crippen LogP contribution in [0, 0.1) is 0 Å². The average molecular weight is 248 g/mol. The highest BCUT2D eigenvalue weighted by Gasteiger charge is 2.11. The van der Waals surface area contributed by atoms with Gasteiger partial charge in [-0.15, -0.1) is 11.3 Å². The molecule has 0 aliphatic rings. The van der Waals surface area contributed by atoms with Gasteiger partial charge in [-0.3, -0.25) is 4.79 Å². The molecular formula is C13H16N2OS. The fourth-order valence-electron chi connectivity index (χ4n) is 1.75. The molecule has 0 saturated carbocycles. The van der Waals surface area contributed by atoms with Crippen molar-refractivity contribution >= 4 is 17.1 Å². The Kier molecular flexibility index (Phi) is 3.74. The summed E-state index contributed by atoms with van der Waals surface area (Å²) in [6.07, 6.45) is 5.46. The van der Waals surface area contributed by atoms with E-state index < -0.39 is 0 Å². The Labute approximate surface area is 105 Å². The fraction of sp³-hybridized carbons (Fsp3) is 0.385. The van der Waals surface area contributed by atoms with E-state index in [9.17, 15) is 4.79 Å². The minimum absolute atomic E-state index is 0.169. The van der Waals surface area contributed by atoms with Crippen LogP contribution in [0.15, 0.2) is 24.5 Å². The van der Waals surface area contributed by atoms with Crippen LogP contribution in [0.1, 0.15) is 34.2 Å². The molecule has 0 spiro atoms. The van der Waals surface area contributed by atoms with Crippen molar-refractivity contribution in [2.24, 2.45) is 0 Å². The molecule has 0 fully saturated rings. The Balaban J connectivity index is 2.11. The number of nitrogens with zero attached hydrogens (tertiary/aromatic N) is 2. The van der Waals surface area contributed by atoms with Crippen molar-refractivity contribution < 1.29 is 4.79 Å². The Morgan fingerprint density at radius 1 is 1.35 bits per heavy atom. The SMILES string of the molecule is CCc1ccc(C(=O)Cn2ccnc2CC)s1. The van der Waals surface area contributed by atoms with Crippen LogP contribution in [0.25, 0.3) is 0 Å². The van der Waals surface area contributed by atoms with Gasteiger partial charge in [0.1, 0.15) is 5.82 Å². The van der Waals surface area contributed by atoms with Crippen LogP contribution in [0.3, 0.4) is 0 Å². The number of thiophene rings is 1. The zero-order valence-electron chi connectivity index (χ0n) is 10.1. The van der Waals surface area contributed by atoms with E-state index >= 15 is 0 Å². The first-order valence-corrected chi connectivity index (χ1v) is 6.68. The van der Waals surface area contributed by atoms with Crippen LogP contribution in [0.2, 0.25) is 0 Å². The average Bonchev–Trinajstić information content (AvgIpc) is 2.96. The standard InChI is InChI=1S/C13H16N2OS/c1-3-10-5-6-12(17-10)11(16)9-15-8-7-14-13(15)4-2/h5-8H,3-4,9H2,1-2H3. The van der Waals surface area contributed by atoms with Gasteiger partial charge in [-0.2, -0.15) is 0 Å². The third kappa shape index (κ3) is 2.64. The summed E-state index contributed by atoms with van der Waals surface area (Å²) in [5.74, 6) is 1.13. The zero-order chi connectivity index (χ0) is 12.3. The summed E-state index contributed by atoms with van der Waals surface area (Å²) in [6.45, 7) is 4.54. The molecule has 17 heavy (non-hydrogen) atoms. The molecule has 0 saturated heterocycles. The normalized spacial score (nSPS) is 10.7. The van der Waals surface area contributed by atoms with Crippen LogP contribution in [-0.2, 0) is 19.4 Å². The van der Waals surface area contributed by atoms with Crippen molar-refractivity contribution in [3.63, 3.8) is 0 Å². The van der Waals surface area contributed by atoms with Gasteiger partial charge in [0.25, 0.3) is 0 Å². The van der Waals surface area contributed by atoms with Crippen LogP contribution < -0.4 is 0 Å². The first-order valence-electron chi connectivity index (χ1n) is 5.86. The quantitative estimate of drug-likeness (QED) is 0.762. The van der Waals surface area contributed by atoms with Gasteiger partial charge in [-0.25, -0.2) is 4.98 Å². The molecule has 0 bridgehead atoms. The molecule has 0 aromatic carbocycles. The maximum atomic E-state index is 12.1. The summed E-state index contributed by atoms with van der Waals surface area (Å²) in [4.78, 5) is 18.4. The number of ketones is 1. The van der Waals surface area contributed by atoms with E-state index in [0.29, 0.717) is 6.54 Å². The number of hydrogen-bond acceptors (Lipinski definition) is 3. The number of Topliss-reactive ketones (excluding diaryl/α,β-unsaturated/α-hetero) is 1. The van der Waals surface area contributed by atoms with E-state index in [-0.39, 0.29) is 5.78 Å². The summed E-state index contributed by atoms with van der Waals surface area (Å²) >= 11 is 1.59. The number of carbonyl (C=O) groups is 1. The molecule has 90 valence electrons. The van der Waals surface area contributed by atoms with E-state index in [0.717, 1.165) is 23.5 Å². The molecule has 0 N–H and O–H groups in total. The Morgan fingerprint density at radius 3 is 2.82 bits per heavy atom. The van der Waals surface area contributed by atoms with Crippen LogP contribution in [-0.4, -0.2) is 15.3 Å². The zero-order valence-corrected chi connectivity index (χ0v) is 11.0. The molecule has 4 heteroatoms. The molecule has 2 aromatic heterocycles. The Hall–Kier alpha value is -1.42. The lowest BCUT2D eigenvalue weighted by atomic mass is 10.3. The van der Waals surface area contributed by atoms with E-state index in [4.69, 9.17) is 0 Å². The van der Waals surface area contributed by atoms with E-state index in [1.54, 1.807) is 17.5 Å². The smallest absolute Gasteiger partial charge is 0.192 e. The van der Waals surface area contributed by atoms with Crippen molar-refractivity contribution in [3.8, 4) is 0 Å². The van der Waals surface area contributed by atoms with E-state index in [1.807, 2.05) is 29.8 Å². The number of hydrogen-bond donors (Lipinski definition) is 0. The maximum absolute atomic E-state index is 12.1. The maximum Gasteiger partial charge on any atom is 0.192 e. The topological polar surface area (TPSA) is 34.9 Å². The number of aryl methyl sites for hydroxylation is 2. The molecule has 0 amide bonds. The van der Waals surface area contributed by atoms with Crippen LogP contribution in [0.4, 0.5) is 0 Å². The molecule has 3 nitrogen and oxygen atoms in total. The molecule has 0 aliphatic heterocycles. The second kappa shape index (κ2) is 5.27. The second-order valence-electron chi connectivity index (χ2n) is 3.87. The summed E-state index contributed by atoms with van der Waals surface area (Å²) in [6, 6.07) is 3.96. The van der Waals surface area contributed by atoms with Crippen molar-refractivity contribution in [2.75, 3.05) is 0 Å². The highest BCUT2D eigenvalue weighted by Crippen LogP contribution is 2.18. The number of rotatable bonds is 5. The molecule has 0 atom stereocenters. The summed E-state index contributed by atoms with van der Waals surface area (Å²) in [5, 5.41) is 0. The van der Waals surface area contributed by atoms with Gasteiger partial charge in [-0.05, 0) is 18.6 Å². The van der Waals surface area contributed by atoms with Crippen molar-refractivity contribution in [2.45, 2.75) is 33.2 Å². The van der Waals surface area contributed by atoms with Crippen LogP contribution in [0.5, 0.6) is 0 Å². The van der Waals surface area contributed by atoms with Gasteiger partial charge < -0.3 is 4.57 Å². The fourth-order valence-corrected chi connectivity index (χ4v) is 2.63. The number of imidazole rings is 1. The van der Waals surface area contributed by atoms with E-state index in [1.165, 1.54) is 4.88 Å². The third-order valence-corrected chi connectivity index (χ3v) is 3.99. The van der Waals surface area contributed by atoms with Crippen molar-refractivity contribution in [1.29, 1.82) is 0 Å². The molecule has 0 radical (unpaired) electrons. The Bertz CT molecular complexity index is 513. The molecule has 0 aliphatic carbocycles. The molecule has 0 unspecified atom stereocenters. The third-order valence-electron chi connectivity index (χ3n) is 2.72. The molecule has 2 heterocycles. The first-order chi connectivity index (χ1) is 8.24. The van der Waals surface area contributed by atoms with Crippen LogP contribution >= 0.6 is 11.3 Å². The highest BCUT2D eigenvalue weighted by molar-refractivity contribution is 7.14. The predicted octanol–water partition coefficient (Wildman–Crippen LogP) is 2.95.